The quantitative estimate of drug-likeness (QED) is 0.647. The Labute approximate surface area is 180 Å². The molecular weight excluding hydrogens is 372 g/mol. The van der Waals surface area contributed by atoms with Crippen LogP contribution in [0.4, 0.5) is 5.69 Å². The van der Waals surface area contributed by atoms with Gasteiger partial charge in [0, 0.05) is 31.2 Å². The number of rotatable bonds is 8. The van der Waals surface area contributed by atoms with Crippen molar-refractivity contribution in [1.29, 1.82) is 0 Å². The van der Waals surface area contributed by atoms with Crippen LogP contribution in [0.1, 0.15) is 51.0 Å². The summed E-state index contributed by atoms with van der Waals surface area (Å²) in [6.45, 7) is 6.27. The van der Waals surface area contributed by atoms with E-state index in [4.69, 9.17) is 10.5 Å². The summed E-state index contributed by atoms with van der Waals surface area (Å²) in [5, 5.41) is 0. The summed E-state index contributed by atoms with van der Waals surface area (Å²) in [4.78, 5) is 9.50. The van der Waals surface area contributed by atoms with Crippen molar-refractivity contribution in [3.05, 3.63) is 54.1 Å². The second-order valence-corrected chi connectivity index (χ2v) is 8.37. The zero-order valence-corrected chi connectivity index (χ0v) is 18.1. The number of ether oxygens (including phenoxy) is 1. The lowest BCUT2D eigenvalue weighted by molar-refractivity contribution is 0.157. The molecule has 160 valence electrons. The normalized spacial score (nSPS) is 17.0. The number of hydrogen-bond acceptors (Lipinski definition) is 5. The highest BCUT2D eigenvalue weighted by atomic mass is 16.5. The molecule has 2 aromatic carbocycles. The lowest BCUT2D eigenvalue weighted by Crippen LogP contribution is -2.42. The SMILES string of the molecule is CCN(CCCN1Cc2cc(Oc3ccccc3)ccc2N=C1N)C1CCCCC1. The van der Waals surface area contributed by atoms with Crippen LogP contribution in [0.25, 0.3) is 0 Å². The fraction of sp³-hybridized carbons (Fsp3) is 0.480. The van der Waals surface area contributed by atoms with Gasteiger partial charge in [0.2, 0.25) is 0 Å². The maximum atomic E-state index is 6.28. The summed E-state index contributed by atoms with van der Waals surface area (Å²) in [5.74, 6) is 2.31. The van der Waals surface area contributed by atoms with Gasteiger partial charge in [0.05, 0.1) is 5.69 Å². The molecule has 5 heteroatoms. The maximum absolute atomic E-state index is 6.28. The van der Waals surface area contributed by atoms with Crippen LogP contribution in [0.5, 0.6) is 11.5 Å². The van der Waals surface area contributed by atoms with Crippen molar-refractivity contribution in [3.63, 3.8) is 0 Å². The van der Waals surface area contributed by atoms with E-state index in [1.54, 1.807) is 0 Å². The molecule has 5 nitrogen and oxygen atoms in total. The molecule has 0 amide bonds. The predicted molar refractivity (Wildman–Crippen MR) is 123 cm³/mol. The van der Waals surface area contributed by atoms with Gasteiger partial charge in [0.1, 0.15) is 11.5 Å². The Kier molecular flexibility index (Phi) is 6.90. The number of nitrogens with zero attached hydrogens (tertiary/aromatic N) is 3. The van der Waals surface area contributed by atoms with E-state index in [2.05, 4.69) is 27.8 Å². The Balaban J connectivity index is 1.35. The van der Waals surface area contributed by atoms with Crippen LogP contribution >= 0.6 is 0 Å². The van der Waals surface area contributed by atoms with Crippen LogP contribution < -0.4 is 10.5 Å². The fourth-order valence-electron chi connectivity index (χ4n) is 4.67. The highest BCUT2D eigenvalue weighted by Crippen LogP contribution is 2.31. The van der Waals surface area contributed by atoms with Crippen molar-refractivity contribution in [2.75, 3.05) is 19.6 Å². The van der Waals surface area contributed by atoms with E-state index < -0.39 is 0 Å². The zero-order chi connectivity index (χ0) is 20.8. The first-order chi connectivity index (χ1) is 14.7. The molecule has 1 saturated carbocycles. The molecule has 2 aliphatic rings. The van der Waals surface area contributed by atoms with Gasteiger partial charge in [0.15, 0.2) is 5.96 Å². The predicted octanol–water partition coefficient (Wildman–Crippen LogP) is 5.29. The number of aliphatic imine (C=N–C) groups is 1. The Bertz CT molecular complexity index is 845. The van der Waals surface area contributed by atoms with Gasteiger partial charge < -0.3 is 20.3 Å². The Morgan fingerprint density at radius 1 is 1.07 bits per heavy atom. The van der Waals surface area contributed by atoms with Gasteiger partial charge in [-0.2, -0.15) is 0 Å². The molecule has 4 rings (SSSR count). The first-order valence-corrected chi connectivity index (χ1v) is 11.4. The molecule has 2 N–H and O–H groups in total. The second-order valence-electron chi connectivity index (χ2n) is 8.37. The number of para-hydroxylation sites is 1. The third kappa shape index (κ3) is 5.14. The van der Waals surface area contributed by atoms with Crippen LogP contribution in [0, 0.1) is 0 Å². The first kappa shape index (κ1) is 20.7. The molecule has 2 aromatic rings. The van der Waals surface area contributed by atoms with E-state index in [1.165, 1.54) is 32.1 Å². The van der Waals surface area contributed by atoms with E-state index in [-0.39, 0.29) is 0 Å². The molecule has 1 aliphatic carbocycles. The second kappa shape index (κ2) is 9.98. The van der Waals surface area contributed by atoms with Crippen LogP contribution in [0.3, 0.4) is 0 Å². The summed E-state index contributed by atoms with van der Waals surface area (Å²) in [5.41, 5.74) is 8.39. The van der Waals surface area contributed by atoms with E-state index in [9.17, 15) is 0 Å². The van der Waals surface area contributed by atoms with Crippen molar-refractivity contribution >= 4 is 11.6 Å². The minimum absolute atomic E-state index is 0.625. The lowest BCUT2D eigenvalue weighted by Gasteiger charge is -2.34. The van der Waals surface area contributed by atoms with Crippen molar-refractivity contribution < 1.29 is 4.74 Å². The molecule has 1 fully saturated rings. The molecule has 0 saturated heterocycles. The lowest BCUT2D eigenvalue weighted by atomic mass is 9.94. The highest BCUT2D eigenvalue weighted by Gasteiger charge is 2.21. The minimum atomic E-state index is 0.625. The minimum Gasteiger partial charge on any atom is -0.457 e. The zero-order valence-electron chi connectivity index (χ0n) is 18.1. The van der Waals surface area contributed by atoms with Gasteiger partial charge in [-0.3, -0.25) is 0 Å². The molecule has 0 atom stereocenters. The summed E-state index contributed by atoms with van der Waals surface area (Å²) in [6.07, 6.45) is 8.01. The summed E-state index contributed by atoms with van der Waals surface area (Å²) < 4.78 is 6.00. The van der Waals surface area contributed by atoms with Crippen LogP contribution in [-0.4, -0.2) is 41.4 Å². The summed E-state index contributed by atoms with van der Waals surface area (Å²) >= 11 is 0. The molecule has 0 spiro atoms. The van der Waals surface area contributed by atoms with E-state index in [0.717, 1.165) is 61.4 Å². The standard InChI is InChI=1S/C25H34N4O/c1-2-28(21-10-5-3-6-11-21)16-9-17-29-19-20-18-23(14-15-24(20)27-25(29)26)30-22-12-7-4-8-13-22/h4,7-8,12-15,18,21H,2-3,5-6,9-11,16-17,19H2,1H3,(H2,26,27). The van der Waals surface area contributed by atoms with Crippen molar-refractivity contribution in [2.24, 2.45) is 10.7 Å². The van der Waals surface area contributed by atoms with E-state index in [0.29, 0.717) is 5.96 Å². The van der Waals surface area contributed by atoms with Crippen molar-refractivity contribution in [2.45, 2.75) is 58.0 Å². The monoisotopic (exact) mass is 406 g/mol. The van der Waals surface area contributed by atoms with E-state index >= 15 is 0 Å². The van der Waals surface area contributed by atoms with Gasteiger partial charge in [-0.05, 0) is 56.1 Å². The third-order valence-corrected chi connectivity index (χ3v) is 6.32. The first-order valence-electron chi connectivity index (χ1n) is 11.4. The molecule has 0 unspecified atom stereocenters. The van der Waals surface area contributed by atoms with Crippen LogP contribution in [0.15, 0.2) is 53.5 Å². The average Bonchev–Trinajstić information content (AvgIpc) is 2.78. The maximum Gasteiger partial charge on any atom is 0.196 e. The molecule has 0 radical (unpaired) electrons. The highest BCUT2D eigenvalue weighted by molar-refractivity contribution is 5.83. The van der Waals surface area contributed by atoms with Crippen molar-refractivity contribution in [1.82, 2.24) is 9.80 Å². The molecule has 0 aromatic heterocycles. The molecule has 1 heterocycles. The van der Waals surface area contributed by atoms with Crippen LogP contribution in [0.2, 0.25) is 0 Å². The largest absolute Gasteiger partial charge is 0.457 e. The Morgan fingerprint density at radius 3 is 2.63 bits per heavy atom. The number of hydrogen-bond donors (Lipinski definition) is 1. The molecular formula is C25H34N4O. The summed E-state index contributed by atoms with van der Waals surface area (Å²) in [6, 6.07) is 16.7. The average molecular weight is 407 g/mol. The summed E-state index contributed by atoms with van der Waals surface area (Å²) in [7, 11) is 0. The number of nitrogens with two attached hydrogens (primary N) is 1. The number of fused-ring (bicyclic) bond motifs is 1. The number of guanidine groups is 1. The van der Waals surface area contributed by atoms with Gasteiger partial charge in [0.25, 0.3) is 0 Å². The van der Waals surface area contributed by atoms with Gasteiger partial charge >= 0.3 is 0 Å². The fourth-order valence-corrected chi connectivity index (χ4v) is 4.67. The smallest absolute Gasteiger partial charge is 0.196 e. The topological polar surface area (TPSA) is 54.1 Å². The molecule has 30 heavy (non-hydrogen) atoms. The van der Waals surface area contributed by atoms with Gasteiger partial charge in [-0.1, -0.05) is 44.4 Å². The Hall–Kier alpha value is -2.53. The van der Waals surface area contributed by atoms with Crippen molar-refractivity contribution in [3.8, 4) is 11.5 Å². The Morgan fingerprint density at radius 2 is 1.87 bits per heavy atom. The molecule has 1 aliphatic heterocycles. The molecule has 0 bridgehead atoms. The third-order valence-electron chi connectivity index (χ3n) is 6.32. The van der Waals surface area contributed by atoms with Gasteiger partial charge in [-0.15, -0.1) is 0 Å². The van der Waals surface area contributed by atoms with E-state index in [1.807, 2.05) is 42.5 Å². The number of benzene rings is 2. The van der Waals surface area contributed by atoms with Gasteiger partial charge in [-0.25, -0.2) is 4.99 Å². The van der Waals surface area contributed by atoms with Crippen LogP contribution in [-0.2, 0) is 6.54 Å².